The van der Waals surface area contributed by atoms with E-state index in [4.69, 9.17) is 4.52 Å². The molecule has 9 heteroatoms. The summed E-state index contributed by atoms with van der Waals surface area (Å²) in [5, 5.41) is 10.6. The van der Waals surface area contributed by atoms with Crippen molar-refractivity contribution in [2.75, 3.05) is 31.1 Å². The molecule has 8 nitrogen and oxygen atoms in total. The Morgan fingerprint density at radius 3 is 2.92 bits per heavy atom. The fraction of sp³-hybridized carbons (Fsp3) is 0.471. The summed E-state index contributed by atoms with van der Waals surface area (Å²) >= 11 is 0. The van der Waals surface area contributed by atoms with Gasteiger partial charge in [-0.3, -0.25) is 19.9 Å². The summed E-state index contributed by atoms with van der Waals surface area (Å²) in [5.74, 6) is 0.207. The van der Waals surface area contributed by atoms with Gasteiger partial charge in [-0.05, 0) is 24.6 Å². The van der Waals surface area contributed by atoms with Gasteiger partial charge in [0.15, 0.2) is 11.4 Å². The molecule has 26 heavy (non-hydrogen) atoms. The van der Waals surface area contributed by atoms with E-state index in [1.807, 2.05) is 18.2 Å². The van der Waals surface area contributed by atoms with Crippen LogP contribution in [0.1, 0.15) is 18.9 Å². The van der Waals surface area contributed by atoms with Crippen molar-refractivity contribution in [2.45, 2.75) is 25.9 Å². The van der Waals surface area contributed by atoms with Crippen molar-refractivity contribution in [1.82, 2.24) is 20.7 Å². The molecule has 0 spiro atoms. The molecular weight excluding hydrogens is 358 g/mol. The molecule has 3 heterocycles. The Morgan fingerprint density at radius 1 is 1.31 bits per heavy atom. The van der Waals surface area contributed by atoms with Crippen molar-refractivity contribution in [3.05, 3.63) is 23.8 Å². The number of nitrogens with one attached hydrogen (secondary N) is 2. The fourth-order valence-electron chi connectivity index (χ4n) is 3.45. The molecule has 2 saturated heterocycles. The monoisotopic (exact) mass is 379 g/mol. The molecule has 0 bridgehead atoms. The van der Waals surface area contributed by atoms with Crippen LogP contribution >= 0.6 is 12.4 Å². The average molecular weight is 380 g/mol. The summed E-state index contributed by atoms with van der Waals surface area (Å²) in [5.41, 5.74) is 1.79. The normalized spacial score (nSPS) is 21.6. The van der Waals surface area contributed by atoms with Gasteiger partial charge in [-0.25, -0.2) is 4.79 Å². The molecule has 1 atom stereocenters. The maximum Gasteiger partial charge on any atom is 0.329 e. The van der Waals surface area contributed by atoms with Gasteiger partial charge in [0.2, 0.25) is 5.91 Å². The van der Waals surface area contributed by atoms with Crippen LogP contribution in [0.4, 0.5) is 10.6 Å². The summed E-state index contributed by atoms with van der Waals surface area (Å²) in [4.78, 5) is 27.3. The number of urea groups is 1. The van der Waals surface area contributed by atoms with Gasteiger partial charge in [0.05, 0.1) is 5.39 Å². The Labute approximate surface area is 157 Å². The van der Waals surface area contributed by atoms with Gasteiger partial charge < -0.3 is 9.84 Å². The molecule has 3 amide bonds. The zero-order valence-corrected chi connectivity index (χ0v) is 15.3. The van der Waals surface area contributed by atoms with Gasteiger partial charge >= 0.3 is 6.03 Å². The van der Waals surface area contributed by atoms with Gasteiger partial charge in [-0.15, -0.1) is 12.4 Å². The topological polar surface area (TPSA) is 90.7 Å². The molecule has 2 aliphatic heterocycles. The third-order valence-electron chi connectivity index (χ3n) is 4.68. The van der Waals surface area contributed by atoms with Gasteiger partial charge in [0, 0.05) is 45.2 Å². The van der Waals surface area contributed by atoms with E-state index in [0.717, 1.165) is 37.1 Å². The minimum atomic E-state index is -0.451. The predicted molar refractivity (Wildman–Crippen MR) is 99.5 cm³/mol. The first-order valence-electron chi connectivity index (χ1n) is 8.55. The molecule has 0 aliphatic carbocycles. The molecule has 1 aromatic carbocycles. The van der Waals surface area contributed by atoms with E-state index in [0.29, 0.717) is 24.0 Å². The lowest BCUT2D eigenvalue weighted by atomic mass is 10.1. The summed E-state index contributed by atoms with van der Waals surface area (Å²) in [6, 6.07) is 5.98. The smallest absolute Gasteiger partial charge is 0.329 e. The molecule has 0 saturated carbocycles. The third kappa shape index (κ3) is 3.67. The van der Waals surface area contributed by atoms with E-state index in [1.54, 1.807) is 0 Å². The van der Waals surface area contributed by atoms with Gasteiger partial charge in [-0.1, -0.05) is 11.2 Å². The summed E-state index contributed by atoms with van der Waals surface area (Å²) in [7, 11) is 0. The number of halogens is 1. The molecule has 4 rings (SSSR count). The molecule has 2 aromatic rings. The van der Waals surface area contributed by atoms with Crippen molar-refractivity contribution in [2.24, 2.45) is 0 Å². The van der Waals surface area contributed by atoms with Crippen LogP contribution in [0.3, 0.4) is 0 Å². The minimum absolute atomic E-state index is 0. The fourth-order valence-corrected chi connectivity index (χ4v) is 3.45. The number of imide groups is 1. The van der Waals surface area contributed by atoms with Gasteiger partial charge in [-0.2, -0.15) is 0 Å². The van der Waals surface area contributed by atoms with Crippen molar-refractivity contribution in [1.29, 1.82) is 0 Å². The first-order valence-corrected chi connectivity index (χ1v) is 8.55. The van der Waals surface area contributed by atoms with Crippen LogP contribution in [0.25, 0.3) is 11.0 Å². The molecule has 140 valence electrons. The zero-order chi connectivity index (χ0) is 17.4. The molecule has 0 radical (unpaired) electrons. The Balaban J connectivity index is 0.00000196. The largest absolute Gasteiger partial charge is 0.354 e. The highest BCUT2D eigenvalue weighted by molar-refractivity contribution is 6.08. The Kier molecular flexibility index (Phi) is 5.45. The number of anilines is 1. The van der Waals surface area contributed by atoms with E-state index < -0.39 is 6.03 Å². The summed E-state index contributed by atoms with van der Waals surface area (Å²) in [6.07, 6.45) is 0.262. The number of fused-ring (bicyclic) bond motifs is 1. The molecular formula is C17H22ClN5O3. The maximum atomic E-state index is 12.1. The second kappa shape index (κ2) is 7.61. The third-order valence-corrected chi connectivity index (χ3v) is 4.68. The number of nitrogens with zero attached hydrogens (tertiary/aromatic N) is 3. The Bertz CT molecular complexity index is 824. The second-order valence-corrected chi connectivity index (χ2v) is 6.68. The summed E-state index contributed by atoms with van der Waals surface area (Å²) < 4.78 is 5.36. The highest BCUT2D eigenvalue weighted by atomic mass is 35.5. The molecule has 0 unspecified atom stereocenters. The first-order chi connectivity index (χ1) is 12.1. The number of rotatable bonds is 3. The van der Waals surface area contributed by atoms with Gasteiger partial charge in [0.1, 0.15) is 0 Å². The van der Waals surface area contributed by atoms with Crippen LogP contribution in [0.15, 0.2) is 22.7 Å². The number of carbonyl (C=O) groups excluding carboxylic acids is 2. The lowest BCUT2D eigenvalue weighted by Crippen LogP contribution is -2.49. The first kappa shape index (κ1) is 18.6. The number of hydrogen-bond acceptors (Lipinski definition) is 6. The molecule has 2 aliphatic rings. The molecule has 2 fully saturated rings. The number of benzene rings is 1. The number of aromatic nitrogens is 1. The highest BCUT2D eigenvalue weighted by Gasteiger charge is 2.28. The van der Waals surface area contributed by atoms with Crippen LogP contribution in [0.2, 0.25) is 0 Å². The number of hydrogen-bond donors (Lipinski definition) is 2. The van der Waals surface area contributed by atoms with Crippen LogP contribution in [0, 0.1) is 0 Å². The quantitative estimate of drug-likeness (QED) is 0.839. The van der Waals surface area contributed by atoms with E-state index >= 15 is 0 Å². The Hall–Kier alpha value is -2.16. The minimum Gasteiger partial charge on any atom is -0.354 e. The predicted octanol–water partition coefficient (Wildman–Crippen LogP) is 1.49. The Morgan fingerprint density at radius 2 is 2.15 bits per heavy atom. The van der Waals surface area contributed by atoms with E-state index in [2.05, 4.69) is 27.6 Å². The van der Waals surface area contributed by atoms with Crippen molar-refractivity contribution < 1.29 is 14.1 Å². The van der Waals surface area contributed by atoms with Gasteiger partial charge in [0.25, 0.3) is 0 Å². The lowest BCUT2D eigenvalue weighted by Gasteiger charge is -2.31. The summed E-state index contributed by atoms with van der Waals surface area (Å²) in [6.45, 7) is 6.34. The van der Waals surface area contributed by atoms with Crippen LogP contribution < -0.4 is 15.5 Å². The van der Waals surface area contributed by atoms with Crippen LogP contribution in [0.5, 0.6) is 0 Å². The maximum absolute atomic E-state index is 12.1. The second-order valence-electron chi connectivity index (χ2n) is 6.68. The van der Waals surface area contributed by atoms with Crippen LogP contribution in [-0.4, -0.2) is 54.2 Å². The number of piperazine rings is 1. The lowest BCUT2D eigenvalue weighted by molar-refractivity contribution is -0.120. The average Bonchev–Trinajstić information content (AvgIpc) is 2.98. The number of carbonyl (C=O) groups is 2. The van der Waals surface area contributed by atoms with Crippen molar-refractivity contribution in [3.8, 4) is 0 Å². The van der Waals surface area contributed by atoms with Crippen LogP contribution in [-0.2, 0) is 11.3 Å². The highest BCUT2D eigenvalue weighted by Crippen LogP contribution is 2.28. The van der Waals surface area contributed by atoms with Crippen molar-refractivity contribution in [3.63, 3.8) is 0 Å². The number of amides is 3. The standard InChI is InChI=1S/C17H21N5O3.ClH/c1-11-9-21(7-5-18-11)10-12-2-3-14-13(8-12)16(20-25-14)22-6-4-15(23)19-17(22)24;/h2-3,8,11,18H,4-7,9-10H2,1H3,(H,19,23,24);1H/t11-;/m0./s1. The molecule has 1 aromatic heterocycles. The SMILES string of the molecule is C[C@H]1CN(Cc2ccc3onc(N4CCC(=O)NC4=O)c3c2)CCN1.Cl. The zero-order valence-electron chi connectivity index (χ0n) is 14.5. The van der Waals surface area contributed by atoms with E-state index in [-0.39, 0.29) is 24.7 Å². The van der Waals surface area contributed by atoms with E-state index in [1.165, 1.54) is 4.90 Å². The van der Waals surface area contributed by atoms with Crippen molar-refractivity contribution >= 4 is 41.1 Å². The molecule has 2 N–H and O–H groups in total. The van der Waals surface area contributed by atoms with E-state index in [9.17, 15) is 9.59 Å².